The Kier molecular flexibility index (Phi) is 2.49. The molecular formula is C8H10N8O. The van der Waals surface area contributed by atoms with Gasteiger partial charge in [0.25, 0.3) is 5.56 Å². The fraction of sp³-hybridized carbons (Fsp3) is 0. The third-order valence-corrected chi connectivity index (χ3v) is 1.77. The first-order valence-electron chi connectivity index (χ1n) is 4.57. The van der Waals surface area contributed by atoms with Crippen LogP contribution in [0, 0.1) is 0 Å². The van der Waals surface area contributed by atoms with E-state index >= 15 is 0 Å². The number of nitrogens with one attached hydrogen (secondary N) is 2. The molecule has 0 radical (unpaired) electrons. The van der Waals surface area contributed by atoms with Gasteiger partial charge in [0.1, 0.15) is 17.5 Å². The summed E-state index contributed by atoms with van der Waals surface area (Å²) in [5.74, 6) is 0.757. The van der Waals surface area contributed by atoms with Crippen LogP contribution in [0.5, 0.6) is 0 Å². The smallest absolute Gasteiger partial charge is 0.254 e. The molecule has 0 bridgehead atoms. The van der Waals surface area contributed by atoms with Crippen LogP contribution >= 0.6 is 0 Å². The van der Waals surface area contributed by atoms with Crippen LogP contribution in [0.15, 0.2) is 16.9 Å². The molecule has 88 valence electrons. The maximum absolute atomic E-state index is 11.1. The summed E-state index contributed by atoms with van der Waals surface area (Å²) in [6, 6.07) is 2.60. The molecule has 0 saturated heterocycles. The van der Waals surface area contributed by atoms with Gasteiger partial charge >= 0.3 is 0 Å². The van der Waals surface area contributed by atoms with E-state index in [0.717, 1.165) is 6.07 Å². The Hall–Kier alpha value is -2.84. The van der Waals surface area contributed by atoms with Crippen molar-refractivity contribution in [3.63, 3.8) is 0 Å². The summed E-state index contributed by atoms with van der Waals surface area (Å²) in [6.45, 7) is 0. The highest BCUT2D eigenvalue weighted by atomic mass is 16.1. The van der Waals surface area contributed by atoms with Gasteiger partial charge in [-0.3, -0.25) is 9.78 Å². The van der Waals surface area contributed by atoms with Gasteiger partial charge < -0.3 is 22.5 Å². The van der Waals surface area contributed by atoms with Gasteiger partial charge in [-0.2, -0.15) is 15.0 Å². The molecule has 2 aromatic rings. The molecule has 2 rings (SSSR count). The summed E-state index contributed by atoms with van der Waals surface area (Å²) >= 11 is 0. The summed E-state index contributed by atoms with van der Waals surface area (Å²) in [5.41, 5.74) is 15.9. The number of nitrogen functional groups attached to an aromatic ring is 3. The number of nitrogens with zero attached hydrogens (tertiary/aromatic N) is 3. The van der Waals surface area contributed by atoms with Crippen LogP contribution in [0.1, 0.15) is 0 Å². The van der Waals surface area contributed by atoms with Crippen LogP contribution in [0.25, 0.3) is 0 Å². The summed E-state index contributed by atoms with van der Waals surface area (Å²) < 4.78 is 0. The van der Waals surface area contributed by atoms with E-state index in [1.54, 1.807) is 0 Å². The van der Waals surface area contributed by atoms with Gasteiger partial charge in [-0.25, -0.2) is 0 Å². The van der Waals surface area contributed by atoms with Crippen LogP contribution in [0.2, 0.25) is 0 Å². The number of rotatable bonds is 2. The molecule has 17 heavy (non-hydrogen) atoms. The van der Waals surface area contributed by atoms with E-state index in [2.05, 4.69) is 25.3 Å². The molecule has 0 aliphatic rings. The van der Waals surface area contributed by atoms with E-state index in [4.69, 9.17) is 17.2 Å². The van der Waals surface area contributed by atoms with E-state index in [9.17, 15) is 4.79 Å². The van der Waals surface area contributed by atoms with Gasteiger partial charge in [0.05, 0.1) is 0 Å². The highest BCUT2D eigenvalue weighted by Crippen LogP contribution is 2.13. The summed E-state index contributed by atoms with van der Waals surface area (Å²) in [7, 11) is 0. The third kappa shape index (κ3) is 2.59. The second-order valence-electron chi connectivity index (χ2n) is 3.18. The molecule has 0 fully saturated rings. The topological polar surface area (TPSA) is 162 Å². The van der Waals surface area contributed by atoms with E-state index in [-0.39, 0.29) is 29.1 Å². The molecule has 0 amide bonds. The van der Waals surface area contributed by atoms with Crippen molar-refractivity contribution in [1.29, 1.82) is 0 Å². The van der Waals surface area contributed by atoms with Crippen molar-refractivity contribution in [2.24, 2.45) is 0 Å². The minimum Gasteiger partial charge on any atom is -0.383 e. The van der Waals surface area contributed by atoms with E-state index < -0.39 is 0 Å². The SMILES string of the molecule is Nc1cc(Nc2nc(N)cc(=O)[nH]2)nc(N)n1. The molecule has 2 aromatic heterocycles. The van der Waals surface area contributed by atoms with Crippen molar-refractivity contribution in [2.45, 2.75) is 0 Å². The number of nitrogens with two attached hydrogens (primary N) is 3. The van der Waals surface area contributed by atoms with Gasteiger partial charge in [-0.05, 0) is 0 Å². The normalized spacial score (nSPS) is 10.1. The quantitative estimate of drug-likeness (QED) is 0.444. The average molecular weight is 234 g/mol. The fourth-order valence-corrected chi connectivity index (χ4v) is 1.21. The minimum atomic E-state index is -0.380. The molecule has 9 nitrogen and oxygen atoms in total. The zero-order chi connectivity index (χ0) is 12.4. The van der Waals surface area contributed by atoms with Gasteiger partial charge in [0, 0.05) is 12.1 Å². The number of aromatic nitrogens is 4. The first kappa shape index (κ1) is 10.7. The number of hydrogen-bond acceptors (Lipinski definition) is 8. The Labute approximate surface area is 95.1 Å². The lowest BCUT2D eigenvalue weighted by molar-refractivity contribution is 1.11. The number of anilines is 5. The standard InChI is InChI=1S/C8H10N8O/c9-3-1-5(14-7(11)12-3)15-8-13-4(10)2-6(17)16-8/h1-2H,(H8,9,10,11,12,13,14,15,16,17). The minimum absolute atomic E-state index is 0.0127. The van der Waals surface area contributed by atoms with E-state index in [1.807, 2.05) is 0 Å². The predicted octanol–water partition coefficient (Wildman–Crippen LogP) is -0.950. The van der Waals surface area contributed by atoms with Gasteiger partial charge in [0.15, 0.2) is 0 Å². The van der Waals surface area contributed by atoms with Crippen molar-refractivity contribution >= 4 is 29.4 Å². The van der Waals surface area contributed by atoms with Gasteiger partial charge in [-0.15, -0.1) is 0 Å². The monoisotopic (exact) mass is 234 g/mol. The molecule has 0 atom stereocenters. The first-order chi connectivity index (χ1) is 8.02. The number of hydrogen-bond donors (Lipinski definition) is 5. The second kappa shape index (κ2) is 3.96. The zero-order valence-corrected chi connectivity index (χ0v) is 8.64. The van der Waals surface area contributed by atoms with Crippen LogP contribution in [-0.2, 0) is 0 Å². The summed E-state index contributed by atoms with van der Waals surface area (Å²) in [4.78, 5) is 25.0. The number of aromatic amines is 1. The highest BCUT2D eigenvalue weighted by Gasteiger charge is 2.03. The van der Waals surface area contributed by atoms with Crippen LogP contribution in [0.4, 0.5) is 29.4 Å². The summed E-state index contributed by atoms with van der Waals surface area (Å²) in [6.07, 6.45) is 0. The molecule has 0 aliphatic carbocycles. The molecule has 0 unspecified atom stereocenters. The van der Waals surface area contributed by atoms with Crippen LogP contribution in [0.3, 0.4) is 0 Å². The van der Waals surface area contributed by atoms with Gasteiger partial charge in [-0.1, -0.05) is 0 Å². The van der Waals surface area contributed by atoms with Crippen molar-refractivity contribution in [1.82, 2.24) is 19.9 Å². The lowest BCUT2D eigenvalue weighted by Crippen LogP contribution is -2.12. The van der Waals surface area contributed by atoms with Crippen LogP contribution in [-0.4, -0.2) is 19.9 Å². The lowest BCUT2D eigenvalue weighted by Gasteiger charge is -2.05. The average Bonchev–Trinajstić information content (AvgIpc) is 2.13. The predicted molar refractivity (Wildman–Crippen MR) is 63.4 cm³/mol. The van der Waals surface area contributed by atoms with Crippen molar-refractivity contribution in [2.75, 3.05) is 22.5 Å². The van der Waals surface area contributed by atoms with Crippen molar-refractivity contribution in [3.8, 4) is 0 Å². The molecule has 0 spiro atoms. The summed E-state index contributed by atoms with van der Waals surface area (Å²) in [5, 5.41) is 2.71. The second-order valence-corrected chi connectivity index (χ2v) is 3.18. The Balaban J connectivity index is 2.34. The maximum Gasteiger partial charge on any atom is 0.254 e. The number of H-pyrrole nitrogens is 1. The Morgan fingerprint density at radius 1 is 1.06 bits per heavy atom. The van der Waals surface area contributed by atoms with E-state index in [1.165, 1.54) is 6.07 Å². The largest absolute Gasteiger partial charge is 0.383 e. The molecule has 2 heterocycles. The Morgan fingerprint density at radius 3 is 2.41 bits per heavy atom. The molecule has 9 heteroatoms. The van der Waals surface area contributed by atoms with E-state index in [0.29, 0.717) is 5.82 Å². The van der Waals surface area contributed by atoms with Crippen LogP contribution < -0.4 is 28.1 Å². The molecule has 0 aliphatic heterocycles. The maximum atomic E-state index is 11.1. The highest BCUT2D eigenvalue weighted by molar-refractivity contribution is 5.55. The molecule has 0 aromatic carbocycles. The third-order valence-electron chi connectivity index (χ3n) is 1.77. The van der Waals surface area contributed by atoms with Crippen molar-refractivity contribution < 1.29 is 0 Å². The Morgan fingerprint density at radius 2 is 1.76 bits per heavy atom. The molecule has 8 N–H and O–H groups in total. The molecule has 0 saturated carbocycles. The Bertz CT molecular complexity index is 586. The van der Waals surface area contributed by atoms with Crippen molar-refractivity contribution in [3.05, 3.63) is 22.5 Å². The van der Waals surface area contributed by atoms with Gasteiger partial charge in [0.2, 0.25) is 11.9 Å². The zero-order valence-electron chi connectivity index (χ0n) is 8.64. The fourth-order valence-electron chi connectivity index (χ4n) is 1.21. The molecular weight excluding hydrogens is 224 g/mol. The first-order valence-corrected chi connectivity index (χ1v) is 4.57. The lowest BCUT2D eigenvalue weighted by atomic mass is 10.5.